The Kier molecular flexibility index (Phi) is 7.95. The minimum absolute atomic E-state index is 0.0204. The SMILES string of the molecule is COc1cc(C2C3=CCC4C(=O)N(CCCC(=O)O)C(=O)C4C3CC3C(=O)N(c4ccc(F)c(Cl)c4)C(=O)C32C)cc(I)c1O. The highest BCUT2D eigenvalue weighted by atomic mass is 127. The number of carbonyl (C=O) groups is 5. The summed E-state index contributed by atoms with van der Waals surface area (Å²) in [6, 6.07) is 6.97. The van der Waals surface area contributed by atoms with Crippen LogP contribution in [-0.2, 0) is 24.0 Å². The molecule has 2 saturated heterocycles. The second-order valence-corrected chi connectivity index (χ2v) is 13.7. The lowest BCUT2D eigenvalue weighted by Gasteiger charge is -2.49. The molecule has 0 spiro atoms. The topological polar surface area (TPSA) is 142 Å². The van der Waals surface area contributed by atoms with Gasteiger partial charge in [-0.2, -0.15) is 0 Å². The van der Waals surface area contributed by atoms with Crippen molar-refractivity contribution in [2.75, 3.05) is 18.6 Å². The van der Waals surface area contributed by atoms with Crippen LogP contribution >= 0.6 is 34.2 Å². The standard InChI is InChI=1S/C32H29ClFIN2O8/c1-32-19(29(42)37(31(32)44)15-5-8-21(34)20(33)12-15)13-18-16(26(32)14-10-22(35)27(40)23(11-14)45-2)6-7-17-25(18)30(43)36(28(17)41)9-3-4-24(38)39/h5-6,8,10-12,17-19,25-26,40H,3-4,7,9,13H2,1-2H3,(H,38,39). The largest absolute Gasteiger partial charge is 0.504 e. The van der Waals surface area contributed by atoms with Gasteiger partial charge < -0.3 is 14.9 Å². The average Bonchev–Trinajstić information content (AvgIpc) is 3.35. The lowest BCUT2D eigenvalue weighted by molar-refractivity contribution is -0.142. The monoisotopic (exact) mass is 750 g/mol. The lowest BCUT2D eigenvalue weighted by Crippen LogP contribution is -2.49. The van der Waals surface area contributed by atoms with Crippen LogP contribution in [0.25, 0.3) is 0 Å². The van der Waals surface area contributed by atoms with Crippen molar-refractivity contribution in [1.29, 1.82) is 0 Å². The molecule has 0 radical (unpaired) electrons. The molecule has 6 rings (SSSR count). The fraction of sp³-hybridized carbons (Fsp3) is 0.406. The second kappa shape index (κ2) is 11.4. The number of amides is 4. The fourth-order valence-electron chi connectivity index (χ4n) is 7.86. The van der Waals surface area contributed by atoms with Crippen molar-refractivity contribution in [2.45, 2.75) is 38.5 Å². The van der Waals surface area contributed by atoms with Gasteiger partial charge in [0, 0.05) is 18.9 Å². The van der Waals surface area contributed by atoms with Crippen molar-refractivity contribution < 1.29 is 43.3 Å². The molecule has 2 heterocycles. The minimum Gasteiger partial charge on any atom is -0.504 e. The van der Waals surface area contributed by atoms with Gasteiger partial charge in [-0.05, 0) is 90.6 Å². The molecule has 0 bridgehead atoms. The molecule has 2 aromatic carbocycles. The van der Waals surface area contributed by atoms with E-state index in [-0.39, 0.29) is 60.3 Å². The number of methoxy groups -OCH3 is 1. The van der Waals surface area contributed by atoms with E-state index >= 15 is 0 Å². The molecule has 6 atom stereocenters. The van der Waals surface area contributed by atoms with E-state index in [0.29, 0.717) is 9.13 Å². The predicted molar refractivity (Wildman–Crippen MR) is 167 cm³/mol. The Balaban J connectivity index is 1.48. The Hall–Kier alpha value is -3.52. The molecule has 13 heteroatoms. The number of benzene rings is 2. The Morgan fingerprint density at radius 3 is 2.53 bits per heavy atom. The molecule has 0 aromatic heterocycles. The normalized spacial score (nSPS) is 29.0. The molecule has 3 fully saturated rings. The number of fused-ring (bicyclic) bond motifs is 4. The highest BCUT2D eigenvalue weighted by molar-refractivity contribution is 14.1. The van der Waals surface area contributed by atoms with Crippen molar-refractivity contribution in [3.63, 3.8) is 0 Å². The van der Waals surface area contributed by atoms with Crippen molar-refractivity contribution in [3.05, 3.63) is 62.0 Å². The van der Waals surface area contributed by atoms with E-state index in [1.165, 1.54) is 19.2 Å². The number of carbonyl (C=O) groups excluding carboxylic acids is 4. The molecule has 1 saturated carbocycles. The summed E-state index contributed by atoms with van der Waals surface area (Å²) in [7, 11) is 1.40. The number of phenolic OH excluding ortho intramolecular Hbond substituents is 1. The second-order valence-electron chi connectivity index (χ2n) is 12.1. The Morgan fingerprint density at radius 2 is 1.87 bits per heavy atom. The van der Waals surface area contributed by atoms with Gasteiger partial charge in [0.05, 0.1) is 44.6 Å². The van der Waals surface area contributed by atoms with Crippen molar-refractivity contribution in [2.24, 2.45) is 29.1 Å². The maximum absolute atomic E-state index is 14.5. The first-order valence-electron chi connectivity index (χ1n) is 14.5. The lowest BCUT2D eigenvalue weighted by atomic mass is 9.51. The molecule has 10 nitrogen and oxygen atoms in total. The molecule has 2 N–H and O–H groups in total. The number of carboxylic acids is 1. The summed E-state index contributed by atoms with van der Waals surface area (Å²) in [5.74, 6) is -7.15. The number of aliphatic carboxylic acids is 1. The summed E-state index contributed by atoms with van der Waals surface area (Å²) in [4.78, 5) is 69.2. The molecule has 236 valence electrons. The number of aromatic hydroxyl groups is 1. The minimum atomic E-state index is -1.36. The summed E-state index contributed by atoms with van der Waals surface area (Å²) < 4.78 is 20.0. The van der Waals surface area contributed by atoms with E-state index in [2.05, 4.69) is 0 Å². The molecular weight excluding hydrogens is 722 g/mol. The highest BCUT2D eigenvalue weighted by Gasteiger charge is 2.67. The number of allylic oxidation sites excluding steroid dienone is 2. The van der Waals surface area contributed by atoms with Crippen molar-refractivity contribution in [1.82, 2.24) is 4.90 Å². The first-order chi connectivity index (χ1) is 21.3. The Morgan fingerprint density at radius 1 is 1.13 bits per heavy atom. The van der Waals surface area contributed by atoms with Gasteiger partial charge in [-0.3, -0.25) is 28.9 Å². The van der Waals surface area contributed by atoms with E-state index in [0.717, 1.165) is 21.4 Å². The van der Waals surface area contributed by atoms with Crippen LogP contribution in [0.5, 0.6) is 11.5 Å². The molecule has 2 aliphatic carbocycles. The summed E-state index contributed by atoms with van der Waals surface area (Å²) in [6.07, 6.45) is 2.17. The van der Waals surface area contributed by atoms with Crippen LogP contribution < -0.4 is 9.64 Å². The quantitative estimate of drug-likeness (QED) is 0.232. The van der Waals surface area contributed by atoms with E-state index in [4.69, 9.17) is 21.4 Å². The van der Waals surface area contributed by atoms with Crippen LogP contribution in [0.15, 0.2) is 42.0 Å². The maximum Gasteiger partial charge on any atom is 0.303 e. The maximum atomic E-state index is 14.5. The molecule has 4 aliphatic rings. The van der Waals surface area contributed by atoms with Crippen LogP contribution in [-0.4, -0.2) is 58.4 Å². The fourth-order valence-corrected chi connectivity index (χ4v) is 8.66. The number of phenols is 1. The summed E-state index contributed by atoms with van der Waals surface area (Å²) in [5.41, 5.74) is 0.0963. The first-order valence-corrected chi connectivity index (χ1v) is 15.9. The number of imide groups is 2. The third-order valence-corrected chi connectivity index (χ3v) is 11.0. The number of halogens is 3. The number of hydrogen-bond acceptors (Lipinski definition) is 7. The number of rotatable bonds is 7. The molecule has 6 unspecified atom stereocenters. The first kappa shape index (κ1) is 31.5. The van der Waals surface area contributed by atoms with Crippen molar-refractivity contribution >= 4 is 69.5 Å². The predicted octanol–water partition coefficient (Wildman–Crippen LogP) is 4.89. The number of ether oxygens (including phenoxy) is 1. The van der Waals surface area contributed by atoms with Gasteiger partial charge in [-0.25, -0.2) is 9.29 Å². The Bertz CT molecular complexity index is 1710. The number of anilines is 1. The van der Waals surface area contributed by atoms with Crippen LogP contribution in [0, 0.1) is 38.5 Å². The van der Waals surface area contributed by atoms with Gasteiger partial charge in [0.15, 0.2) is 11.5 Å². The summed E-state index contributed by atoms with van der Waals surface area (Å²) >= 11 is 8.00. The van der Waals surface area contributed by atoms with Crippen LogP contribution in [0.1, 0.15) is 44.1 Å². The van der Waals surface area contributed by atoms with Gasteiger partial charge in [-0.15, -0.1) is 0 Å². The molecule has 4 amide bonds. The molecule has 2 aliphatic heterocycles. The van der Waals surface area contributed by atoms with Gasteiger partial charge in [0.1, 0.15) is 5.82 Å². The van der Waals surface area contributed by atoms with Gasteiger partial charge in [-0.1, -0.05) is 23.3 Å². The Labute approximate surface area is 276 Å². The van der Waals surface area contributed by atoms with Gasteiger partial charge in [0.2, 0.25) is 23.6 Å². The highest BCUT2D eigenvalue weighted by Crippen LogP contribution is 2.64. The molecule has 45 heavy (non-hydrogen) atoms. The van der Waals surface area contributed by atoms with E-state index in [9.17, 15) is 33.5 Å². The molecule has 2 aromatic rings. The van der Waals surface area contributed by atoms with Crippen LogP contribution in [0.4, 0.5) is 10.1 Å². The van der Waals surface area contributed by atoms with Gasteiger partial charge in [0.25, 0.3) is 0 Å². The third-order valence-electron chi connectivity index (χ3n) is 9.90. The number of hydrogen-bond donors (Lipinski definition) is 2. The van der Waals surface area contributed by atoms with Crippen molar-refractivity contribution in [3.8, 4) is 11.5 Å². The zero-order valence-corrected chi connectivity index (χ0v) is 27.2. The zero-order valence-electron chi connectivity index (χ0n) is 24.3. The third kappa shape index (κ3) is 4.74. The van der Waals surface area contributed by atoms with Gasteiger partial charge >= 0.3 is 5.97 Å². The molecular formula is C32H29ClFIN2O8. The zero-order chi connectivity index (χ0) is 32.5. The number of likely N-dealkylation sites (tertiary alicyclic amines) is 1. The van der Waals surface area contributed by atoms with Crippen LogP contribution in [0.2, 0.25) is 5.02 Å². The van der Waals surface area contributed by atoms with E-state index < -0.39 is 64.5 Å². The summed E-state index contributed by atoms with van der Waals surface area (Å²) in [6.45, 7) is 1.69. The van der Waals surface area contributed by atoms with Crippen LogP contribution in [0.3, 0.4) is 0 Å². The van der Waals surface area contributed by atoms with E-state index in [1.807, 2.05) is 28.7 Å². The number of nitrogens with zero attached hydrogens (tertiary/aromatic N) is 2. The van der Waals surface area contributed by atoms with E-state index in [1.54, 1.807) is 19.1 Å². The average molecular weight is 751 g/mol. The number of carboxylic acid groups (broad SMARTS) is 1. The summed E-state index contributed by atoms with van der Waals surface area (Å²) in [5, 5.41) is 19.4. The smallest absolute Gasteiger partial charge is 0.303 e.